The number of carbonyl (C=O) groups excluding carboxylic acids is 1. The second-order valence-corrected chi connectivity index (χ2v) is 7.77. The van der Waals surface area contributed by atoms with Gasteiger partial charge in [0.15, 0.2) is 0 Å². The third-order valence-electron chi connectivity index (χ3n) is 6.13. The zero-order valence-electron chi connectivity index (χ0n) is 15.4. The minimum absolute atomic E-state index is 0.0314. The molecule has 1 heterocycles. The molecule has 142 valence electrons. The number of amides is 1. The van der Waals surface area contributed by atoms with Crippen molar-refractivity contribution in [2.45, 2.75) is 76.7 Å². The van der Waals surface area contributed by atoms with E-state index in [2.05, 4.69) is 17.2 Å². The van der Waals surface area contributed by atoms with Crippen molar-refractivity contribution in [3.63, 3.8) is 0 Å². The first-order valence-electron chi connectivity index (χ1n) is 9.76. The SMILES string of the molecule is CCC1CCC(NC(=O)c2cc3c([nH]c2=O)CCCCC3)(C(=O)O)CC1. The fourth-order valence-corrected chi connectivity index (χ4v) is 4.28. The highest BCUT2D eigenvalue weighted by Gasteiger charge is 2.43. The van der Waals surface area contributed by atoms with E-state index in [4.69, 9.17) is 0 Å². The van der Waals surface area contributed by atoms with Crippen molar-refractivity contribution >= 4 is 11.9 Å². The van der Waals surface area contributed by atoms with E-state index in [0.717, 1.165) is 62.6 Å². The minimum atomic E-state index is -1.26. The number of carbonyl (C=O) groups is 2. The Morgan fingerprint density at radius 1 is 1.23 bits per heavy atom. The molecule has 0 spiro atoms. The number of carboxylic acids is 1. The molecule has 1 aromatic heterocycles. The zero-order chi connectivity index (χ0) is 18.7. The van der Waals surface area contributed by atoms with Gasteiger partial charge < -0.3 is 15.4 Å². The van der Waals surface area contributed by atoms with Crippen LogP contribution < -0.4 is 10.9 Å². The summed E-state index contributed by atoms with van der Waals surface area (Å²) in [4.78, 5) is 39.9. The summed E-state index contributed by atoms with van der Waals surface area (Å²) >= 11 is 0. The monoisotopic (exact) mass is 360 g/mol. The van der Waals surface area contributed by atoms with Crippen molar-refractivity contribution in [2.24, 2.45) is 5.92 Å². The lowest BCUT2D eigenvalue weighted by Crippen LogP contribution is -2.57. The molecule has 1 amide bonds. The number of hydrogen-bond donors (Lipinski definition) is 3. The van der Waals surface area contributed by atoms with Crippen molar-refractivity contribution in [1.29, 1.82) is 0 Å². The van der Waals surface area contributed by atoms with Gasteiger partial charge in [-0.1, -0.05) is 19.8 Å². The number of fused-ring (bicyclic) bond motifs is 1. The van der Waals surface area contributed by atoms with E-state index in [1.807, 2.05) is 0 Å². The Hall–Kier alpha value is -2.11. The molecule has 6 nitrogen and oxygen atoms in total. The number of nitrogens with one attached hydrogen (secondary N) is 2. The fraction of sp³-hybridized carbons (Fsp3) is 0.650. The lowest BCUT2D eigenvalue weighted by atomic mass is 9.75. The quantitative estimate of drug-likeness (QED) is 0.719. The summed E-state index contributed by atoms with van der Waals surface area (Å²) < 4.78 is 0. The normalized spacial score (nSPS) is 25.8. The maximum Gasteiger partial charge on any atom is 0.329 e. The van der Waals surface area contributed by atoms with Crippen molar-refractivity contribution in [1.82, 2.24) is 10.3 Å². The average Bonchev–Trinajstić information content (AvgIpc) is 2.86. The minimum Gasteiger partial charge on any atom is -0.480 e. The number of aromatic amines is 1. The smallest absolute Gasteiger partial charge is 0.329 e. The van der Waals surface area contributed by atoms with E-state index in [1.54, 1.807) is 6.07 Å². The molecule has 0 unspecified atom stereocenters. The third-order valence-corrected chi connectivity index (χ3v) is 6.13. The largest absolute Gasteiger partial charge is 0.480 e. The van der Waals surface area contributed by atoms with Gasteiger partial charge in [0.2, 0.25) is 0 Å². The van der Waals surface area contributed by atoms with Gasteiger partial charge in [-0.2, -0.15) is 0 Å². The summed E-state index contributed by atoms with van der Waals surface area (Å²) in [6, 6.07) is 1.67. The van der Waals surface area contributed by atoms with Crippen molar-refractivity contribution in [3.05, 3.63) is 33.2 Å². The molecule has 26 heavy (non-hydrogen) atoms. The van der Waals surface area contributed by atoms with E-state index in [1.165, 1.54) is 0 Å². The molecule has 2 aliphatic carbocycles. The van der Waals surface area contributed by atoms with Crippen LogP contribution in [-0.2, 0) is 17.6 Å². The zero-order valence-corrected chi connectivity index (χ0v) is 15.4. The molecule has 3 rings (SSSR count). The van der Waals surface area contributed by atoms with Crippen molar-refractivity contribution < 1.29 is 14.7 Å². The van der Waals surface area contributed by atoms with Crippen LogP contribution in [0.1, 0.15) is 79.9 Å². The number of carboxylic acid groups (broad SMARTS) is 1. The molecular weight excluding hydrogens is 332 g/mol. The highest BCUT2D eigenvalue weighted by atomic mass is 16.4. The number of aromatic nitrogens is 1. The highest BCUT2D eigenvalue weighted by Crippen LogP contribution is 2.34. The Morgan fingerprint density at radius 3 is 2.58 bits per heavy atom. The molecule has 6 heteroatoms. The van der Waals surface area contributed by atoms with Gasteiger partial charge in [0, 0.05) is 5.69 Å². The van der Waals surface area contributed by atoms with Gasteiger partial charge in [-0.05, 0) is 68.9 Å². The Morgan fingerprint density at radius 2 is 1.92 bits per heavy atom. The van der Waals surface area contributed by atoms with Gasteiger partial charge in [-0.3, -0.25) is 9.59 Å². The Labute approximate surface area is 153 Å². The van der Waals surface area contributed by atoms with Gasteiger partial charge >= 0.3 is 5.97 Å². The van der Waals surface area contributed by atoms with Gasteiger partial charge in [0.05, 0.1) is 0 Å². The van der Waals surface area contributed by atoms with E-state index < -0.39 is 23.0 Å². The molecule has 0 aliphatic heterocycles. The number of aliphatic carboxylic acids is 1. The second kappa shape index (κ2) is 7.64. The van der Waals surface area contributed by atoms with Crippen LogP contribution in [0.15, 0.2) is 10.9 Å². The lowest BCUT2D eigenvalue weighted by molar-refractivity contribution is -0.146. The van der Waals surface area contributed by atoms with Crippen LogP contribution in [-0.4, -0.2) is 27.5 Å². The van der Waals surface area contributed by atoms with Crippen molar-refractivity contribution in [3.8, 4) is 0 Å². The number of H-pyrrole nitrogens is 1. The van der Waals surface area contributed by atoms with Gasteiger partial charge in [-0.25, -0.2) is 4.79 Å². The third kappa shape index (κ3) is 3.69. The van der Waals surface area contributed by atoms with Crippen LogP contribution in [0.4, 0.5) is 0 Å². The van der Waals surface area contributed by atoms with E-state index in [0.29, 0.717) is 18.8 Å². The standard InChI is InChI=1S/C20H28N2O4/c1-2-13-8-10-20(11-9-13,19(25)26)22-18(24)15-12-14-6-4-3-5-7-16(14)21-17(15)23/h12-13H,2-11H2,1H3,(H,21,23)(H,22,24)(H,25,26). The van der Waals surface area contributed by atoms with E-state index >= 15 is 0 Å². The molecule has 3 N–H and O–H groups in total. The summed E-state index contributed by atoms with van der Waals surface area (Å²) in [7, 11) is 0. The number of pyridine rings is 1. The first-order chi connectivity index (χ1) is 12.4. The first-order valence-corrected chi connectivity index (χ1v) is 9.76. The molecule has 0 atom stereocenters. The van der Waals surface area contributed by atoms with E-state index in [9.17, 15) is 19.5 Å². The Bertz CT molecular complexity index is 745. The van der Waals surface area contributed by atoms with Crippen LogP contribution in [0.25, 0.3) is 0 Å². The molecule has 1 fully saturated rings. The Balaban J connectivity index is 1.83. The molecule has 0 bridgehead atoms. The lowest BCUT2D eigenvalue weighted by Gasteiger charge is -2.37. The number of rotatable bonds is 4. The van der Waals surface area contributed by atoms with Crippen LogP contribution in [0.5, 0.6) is 0 Å². The summed E-state index contributed by atoms with van der Waals surface area (Å²) in [5.41, 5.74) is 0.267. The maximum absolute atomic E-state index is 12.8. The second-order valence-electron chi connectivity index (χ2n) is 7.77. The molecule has 0 aromatic carbocycles. The highest BCUT2D eigenvalue weighted by molar-refractivity contribution is 5.97. The molecular formula is C20H28N2O4. The van der Waals surface area contributed by atoms with Crippen LogP contribution in [0.3, 0.4) is 0 Å². The molecule has 1 aromatic rings. The number of hydrogen-bond acceptors (Lipinski definition) is 3. The summed E-state index contributed by atoms with van der Waals surface area (Å²) in [5.74, 6) is -1.07. The van der Waals surface area contributed by atoms with Crippen LogP contribution in [0, 0.1) is 5.92 Å². The molecule has 0 saturated heterocycles. The molecule has 1 saturated carbocycles. The Kier molecular flexibility index (Phi) is 5.49. The van der Waals surface area contributed by atoms with Crippen LogP contribution >= 0.6 is 0 Å². The first kappa shape index (κ1) is 18.7. The summed E-state index contributed by atoms with van der Waals surface area (Å²) in [6.45, 7) is 2.10. The average molecular weight is 360 g/mol. The summed E-state index contributed by atoms with van der Waals surface area (Å²) in [5, 5.41) is 12.4. The molecule has 0 radical (unpaired) electrons. The van der Waals surface area contributed by atoms with Gasteiger partial charge in [0.1, 0.15) is 11.1 Å². The van der Waals surface area contributed by atoms with Gasteiger partial charge in [0.25, 0.3) is 11.5 Å². The number of aryl methyl sites for hydroxylation is 2. The topological polar surface area (TPSA) is 99.3 Å². The summed E-state index contributed by atoms with van der Waals surface area (Å²) in [6.07, 6.45) is 8.26. The van der Waals surface area contributed by atoms with Crippen molar-refractivity contribution in [2.75, 3.05) is 0 Å². The van der Waals surface area contributed by atoms with Crippen LogP contribution in [0.2, 0.25) is 0 Å². The van der Waals surface area contributed by atoms with Gasteiger partial charge in [-0.15, -0.1) is 0 Å². The maximum atomic E-state index is 12.8. The molecule has 2 aliphatic rings. The fourth-order valence-electron chi connectivity index (χ4n) is 4.28. The predicted molar refractivity (Wildman–Crippen MR) is 98.4 cm³/mol. The predicted octanol–water partition coefficient (Wildman–Crippen LogP) is 2.80. The van der Waals surface area contributed by atoms with E-state index in [-0.39, 0.29) is 5.56 Å².